The Labute approximate surface area is 192 Å². The van der Waals surface area contributed by atoms with Crippen LogP contribution in [0.3, 0.4) is 0 Å². The lowest BCUT2D eigenvalue weighted by atomic mass is 9.94. The first-order chi connectivity index (χ1) is 16.2. The molecule has 0 saturated carbocycles. The van der Waals surface area contributed by atoms with E-state index in [9.17, 15) is 9.59 Å². The van der Waals surface area contributed by atoms with Crippen LogP contribution in [0.25, 0.3) is 11.0 Å². The van der Waals surface area contributed by atoms with Gasteiger partial charge in [-0.15, -0.1) is 0 Å². The normalized spacial score (nSPS) is 17.3. The maximum atomic E-state index is 13.4. The van der Waals surface area contributed by atoms with Crippen LogP contribution in [0.1, 0.15) is 29.0 Å². The highest BCUT2D eigenvalue weighted by Gasteiger charge is 2.33. The fourth-order valence-corrected chi connectivity index (χ4v) is 4.60. The SMILES string of the molecule is O=C(c1oc2ccccc2c1COc1ccccc1)N1CCC(C(=O)N2CCOCC2)CC1. The summed E-state index contributed by atoms with van der Waals surface area (Å²) < 4.78 is 17.3. The number of nitrogens with zero attached hydrogens (tertiary/aromatic N) is 2. The molecule has 0 spiro atoms. The number of likely N-dealkylation sites (tertiary alicyclic amines) is 1. The highest BCUT2D eigenvalue weighted by molar-refractivity contribution is 5.99. The van der Waals surface area contributed by atoms with Crippen molar-refractivity contribution in [2.75, 3.05) is 39.4 Å². The molecule has 172 valence electrons. The highest BCUT2D eigenvalue weighted by atomic mass is 16.5. The van der Waals surface area contributed by atoms with Gasteiger partial charge in [0, 0.05) is 43.0 Å². The lowest BCUT2D eigenvalue weighted by molar-refractivity contribution is -0.141. The van der Waals surface area contributed by atoms with Crippen molar-refractivity contribution in [3.8, 4) is 5.75 Å². The van der Waals surface area contributed by atoms with Crippen LogP contribution < -0.4 is 4.74 Å². The molecule has 2 aromatic carbocycles. The number of hydrogen-bond donors (Lipinski definition) is 0. The number of amides is 2. The number of piperidine rings is 1. The molecule has 0 atom stereocenters. The fraction of sp³-hybridized carbons (Fsp3) is 0.385. The predicted octanol–water partition coefficient (Wildman–Crippen LogP) is 3.72. The average Bonchev–Trinajstić information content (AvgIpc) is 3.26. The van der Waals surface area contributed by atoms with Gasteiger partial charge in [-0.05, 0) is 31.0 Å². The molecule has 2 fully saturated rings. The summed E-state index contributed by atoms with van der Waals surface area (Å²) in [7, 11) is 0. The molecule has 33 heavy (non-hydrogen) atoms. The van der Waals surface area contributed by atoms with Crippen LogP contribution in [0, 0.1) is 5.92 Å². The average molecular weight is 449 g/mol. The monoisotopic (exact) mass is 448 g/mol. The zero-order chi connectivity index (χ0) is 22.6. The van der Waals surface area contributed by atoms with Crippen molar-refractivity contribution in [3.05, 3.63) is 65.9 Å². The maximum Gasteiger partial charge on any atom is 0.290 e. The second-order valence-corrected chi connectivity index (χ2v) is 8.51. The van der Waals surface area contributed by atoms with E-state index in [1.54, 1.807) is 4.90 Å². The third kappa shape index (κ3) is 4.59. The van der Waals surface area contributed by atoms with Crippen molar-refractivity contribution in [1.82, 2.24) is 9.80 Å². The summed E-state index contributed by atoms with van der Waals surface area (Å²) in [6, 6.07) is 17.2. The van der Waals surface area contributed by atoms with E-state index in [-0.39, 0.29) is 24.3 Å². The second kappa shape index (κ2) is 9.67. The predicted molar refractivity (Wildman–Crippen MR) is 123 cm³/mol. The minimum Gasteiger partial charge on any atom is -0.489 e. The van der Waals surface area contributed by atoms with Gasteiger partial charge in [-0.25, -0.2) is 0 Å². The number of furan rings is 1. The van der Waals surface area contributed by atoms with E-state index in [1.165, 1.54) is 0 Å². The van der Waals surface area contributed by atoms with Gasteiger partial charge >= 0.3 is 0 Å². The molecule has 5 rings (SSSR count). The molecule has 2 aliphatic heterocycles. The van der Waals surface area contributed by atoms with Gasteiger partial charge in [0.1, 0.15) is 17.9 Å². The van der Waals surface area contributed by atoms with E-state index in [2.05, 4.69) is 0 Å². The highest BCUT2D eigenvalue weighted by Crippen LogP contribution is 2.30. The Balaban J connectivity index is 1.30. The Bertz CT molecular complexity index is 1110. The molecule has 0 unspecified atom stereocenters. The number of benzene rings is 2. The summed E-state index contributed by atoms with van der Waals surface area (Å²) in [5.41, 5.74) is 1.43. The van der Waals surface area contributed by atoms with Gasteiger partial charge < -0.3 is 23.7 Å². The topological polar surface area (TPSA) is 72.2 Å². The van der Waals surface area contributed by atoms with Gasteiger partial charge in [0.25, 0.3) is 5.91 Å². The van der Waals surface area contributed by atoms with E-state index in [0.717, 1.165) is 16.7 Å². The smallest absolute Gasteiger partial charge is 0.290 e. The number of fused-ring (bicyclic) bond motifs is 1. The van der Waals surface area contributed by atoms with E-state index in [0.29, 0.717) is 63.6 Å². The lowest BCUT2D eigenvalue weighted by Crippen LogP contribution is -2.47. The van der Waals surface area contributed by atoms with Crippen molar-refractivity contribution >= 4 is 22.8 Å². The van der Waals surface area contributed by atoms with Crippen molar-refractivity contribution in [2.24, 2.45) is 5.92 Å². The summed E-state index contributed by atoms with van der Waals surface area (Å²) in [5.74, 6) is 1.07. The molecule has 2 aliphatic rings. The molecule has 3 aromatic rings. The molecule has 0 N–H and O–H groups in total. The molecule has 0 radical (unpaired) electrons. The Morgan fingerprint density at radius 2 is 1.58 bits per heavy atom. The van der Waals surface area contributed by atoms with Gasteiger partial charge in [-0.1, -0.05) is 36.4 Å². The number of carbonyl (C=O) groups is 2. The van der Waals surface area contributed by atoms with Crippen molar-refractivity contribution in [1.29, 1.82) is 0 Å². The Hall–Kier alpha value is -3.32. The van der Waals surface area contributed by atoms with Crippen LogP contribution >= 0.6 is 0 Å². The third-order valence-electron chi connectivity index (χ3n) is 6.47. The molecular weight excluding hydrogens is 420 g/mol. The quantitative estimate of drug-likeness (QED) is 0.595. The third-order valence-corrected chi connectivity index (χ3v) is 6.47. The minimum absolute atomic E-state index is 0.0382. The van der Waals surface area contributed by atoms with Crippen LogP contribution in [0.2, 0.25) is 0 Å². The van der Waals surface area contributed by atoms with Crippen molar-refractivity contribution < 1.29 is 23.5 Å². The molecule has 7 heteroatoms. The summed E-state index contributed by atoms with van der Waals surface area (Å²) in [6.07, 6.45) is 1.33. The van der Waals surface area contributed by atoms with Crippen LogP contribution in [-0.2, 0) is 16.1 Å². The van der Waals surface area contributed by atoms with E-state index in [1.807, 2.05) is 59.5 Å². The zero-order valence-electron chi connectivity index (χ0n) is 18.6. The first kappa shape index (κ1) is 21.5. The number of morpholine rings is 1. The Morgan fingerprint density at radius 1 is 0.879 bits per heavy atom. The first-order valence-electron chi connectivity index (χ1n) is 11.5. The van der Waals surface area contributed by atoms with Crippen LogP contribution in [0.4, 0.5) is 0 Å². The maximum absolute atomic E-state index is 13.4. The number of carbonyl (C=O) groups excluding carboxylic acids is 2. The van der Waals surface area contributed by atoms with Gasteiger partial charge in [-0.3, -0.25) is 9.59 Å². The van der Waals surface area contributed by atoms with Crippen LogP contribution in [-0.4, -0.2) is 61.0 Å². The standard InChI is InChI=1S/C26H28N2O5/c29-25(28-14-16-31-17-15-28)19-10-12-27(13-11-19)26(30)24-22(18-32-20-6-2-1-3-7-20)21-8-4-5-9-23(21)33-24/h1-9,19H,10-18H2. The van der Waals surface area contributed by atoms with Crippen LogP contribution in [0.15, 0.2) is 59.0 Å². The molecule has 2 saturated heterocycles. The van der Waals surface area contributed by atoms with Crippen LogP contribution in [0.5, 0.6) is 5.75 Å². The van der Waals surface area contributed by atoms with Crippen molar-refractivity contribution in [2.45, 2.75) is 19.4 Å². The summed E-state index contributed by atoms with van der Waals surface area (Å²) in [4.78, 5) is 30.0. The molecule has 1 aromatic heterocycles. The molecule has 2 amide bonds. The largest absolute Gasteiger partial charge is 0.489 e. The summed E-state index contributed by atoms with van der Waals surface area (Å²) in [5, 5.41) is 0.883. The number of rotatable bonds is 5. The molecule has 3 heterocycles. The number of ether oxygens (including phenoxy) is 2. The minimum atomic E-state index is -0.143. The van der Waals surface area contributed by atoms with E-state index < -0.39 is 0 Å². The molecule has 0 aliphatic carbocycles. The summed E-state index contributed by atoms with van der Waals surface area (Å²) in [6.45, 7) is 3.83. The van der Waals surface area contributed by atoms with Gasteiger partial charge in [0.2, 0.25) is 5.91 Å². The fourth-order valence-electron chi connectivity index (χ4n) is 4.60. The van der Waals surface area contributed by atoms with E-state index in [4.69, 9.17) is 13.9 Å². The summed E-state index contributed by atoms with van der Waals surface area (Å²) >= 11 is 0. The Kier molecular flexibility index (Phi) is 6.30. The Morgan fingerprint density at radius 3 is 2.33 bits per heavy atom. The van der Waals surface area contributed by atoms with Gasteiger partial charge in [0.15, 0.2) is 5.76 Å². The first-order valence-corrected chi connectivity index (χ1v) is 11.5. The number of hydrogen-bond acceptors (Lipinski definition) is 5. The van der Waals surface area contributed by atoms with Gasteiger partial charge in [0.05, 0.1) is 13.2 Å². The van der Waals surface area contributed by atoms with Crippen molar-refractivity contribution in [3.63, 3.8) is 0 Å². The second-order valence-electron chi connectivity index (χ2n) is 8.51. The number of para-hydroxylation sites is 2. The molecular formula is C26H28N2O5. The molecule has 0 bridgehead atoms. The van der Waals surface area contributed by atoms with Gasteiger partial charge in [-0.2, -0.15) is 0 Å². The zero-order valence-corrected chi connectivity index (χ0v) is 18.6. The lowest BCUT2D eigenvalue weighted by Gasteiger charge is -2.35. The van der Waals surface area contributed by atoms with E-state index >= 15 is 0 Å². The molecule has 7 nitrogen and oxygen atoms in total.